The highest BCUT2D eigenvalue weighted by Crippen LogP contribution is 2.41. The molecule has 1 aliphatic rings. The van der Waals surface area contributed by atoms with Gasteiger partial charge >= 0.3 is 0 Å². The highest BCUT2D eigenvalue weighted by Gasteiger charge is 2.29. The van der Waals surface area contributed by atoms with Crippen LogP contribution in [0.25, 0.3) is 33.5 Å². The number of ether oxygens (including phenoxy) is 1. The molecular formula is C28H32F2N4OSi. The molecule has 5 rings (SSSR count). The number of hydrogen-bond acceptors (Lipinski definition) is 4. The molecule has 0 N–H and O–H groups in total. The highest BCUT2D eigenvalue weighted by molar-refractivity contribution is 6.76. The molecule has 0 spiro atoms. The zero-order valence-electron chi connectivity index (χ0n) is 21.0. The lowest BCUT2D eigenvalue weighted by atomic mass is 9.99. The van der Waals surface area contributed by atoms with Crippen LogP contribution in [0.3, 0.4) is 0 Å². The zero-order valence-corrected chi connectivity index (χ0v) is 22.0. The smallest absolute Gasteiger partial charge is 0.147 e. The third kappa shape index (κ3) is 5.06. The molecule has 1 fully saturated rings. The van der Waals surface area contributed by atoms with E-state index in [2.05, 4.69) is 24.6 Å². The van der Waals surface area contributed by atoms with Gasteiger partial charge in [-0.05, 0) is 36.7 Å². The highest BCUT2D eigenvalue weighted by atomic mass is 28.3. The minimum absolute atomic E-state index is 0.258. The maximum Gasteiger partial charge on any atom is 0.147 e. The number of rotatable bonds is 8. The van der Waals surface area contributed by atoms with Crippen molar-refractivity contribution in [1.82, 2.24) is 14.5 Å². The second kappa shape index (κ2) is 10.1. The number of hydrogen-bond donors (Lipinski definition) is 0. The van der Waals surface area contributed by atoms with Gasteiger partial charge in [-0.1, -0.05) is 50.0 Å². The minimum Gasteiger partial charge on any atom is -0.361 e. The Morgan fingerprint density at radius 2 is 1.81 bits per heavy atom. The van der Waals surface area contributed by atoms with Gasteiger partial charge in [-0.3, -0.25) is 4.57 Å². The molecule has 1 aliphatic heterocycles. The molecule has 2 aromatic carbocycles. The van der Waals surface area contributed by atoms with Gasteiger partial charge in [0.25, 0.3) is 0 Å². The van der Waals surface area contributed by atoms with Crippen LogP contribution in [0.5, 0.6) is 0 Å². The van der Waals surface area contributed by atoms with Gasteiger partial charge in [-0.2, -0.15) is 0 Å². The van der Waals surface area contributed by atoms with Crippen LogP contribution >= 0.6 is 0 Å². The number of pyridine rings is 1. The summed E-state index contributed by atoms with van der Waals surface area (Å²) in [4.78, 5) is 11.6. The lowest BCUT2D eigenvalue weighted by molar-refractivity contribution is 0.0909. The van der Waals surface area contributed by atoms with E-state index in [9.17, 15) is 4.39 Å². The number of halogens is 2. The summed E-state index contributed by atoms with van der Waals surface area (Å²) >= 11 is 0. The van der Waals surface area contributed by atoms with Crippen molar-refractivity contribution >= 4 is 24.9 Å². The van der Waals surface area contributed by atoms with E-state index in [1.165, 1.54) is 6.07 Å². The Morgan fingerprint density at radius 3 is 2.56 bits per heavy atom. The maximum absolute atomic E-state index is 15.1. The monoisotopic (exact) mass is 506 g/mol. The predicted octanol–water partition coefficient (Wildman–Crippen LogP) is 6.76. The van der Waals surface area contributed by atoms with Crippen LogP contribution in [0, 0.1) is 5.82 Å². The molecule has 2 aromatic heterocycles. The molecule has 0 unspecified atom stereocenters. The quantitative estimate of drug-likeness (QED) is 0.195. The van der Waals surface area contributed by atoms with Crippen molar-refractivity contribution in [3.63, 3.8) is 0 Å². The predicted molar refractivity (Wildman–Crippen MR) is 144 cm³/mol. The lowest BCUT2D eigenvalue weighted by Crippen LogP contribution is -2.23. The van der Waals surface area contributed by atoms with E-state index in [1.54, 1.807) is 18.3 Å². The van der Waals surface area contributed by atoms with Crippen molar-refractivity contribution in [3.05, 3.63) is 66.6 Å². The van der Waals surface area contributed by atoms with Crippen molar-refractivity contribution in [2.75, 3.05) is 24.6 Å². The number of alkyl halides is 1. The average Bonchev–Trinajstić information content (AvgIpc) is 3.44. The molecule has 0 aliphatic carbocycles. The van der Waals surface area contributed by atoms with Crippen LogP contribution in [0.4, 0.5) is 14.6 Å². The Morgan fingerprint density at radius 1 is 1.03 bits per heavy atom. The molecule has 0 saturated carbocycles. The third-order valence-corrected chi connectivity index (χ3v) is 8.32. The topological polar surface area (TPSA) is 43.2 Å². The summed E-state index contributed by atoms with van der Waals surface area (Å²) in [5.74, 6) is 0.942. The first-order chi connectivity index (χ1) is 17.3. The summed E-state index contributed by atoms with van der Waals surface area (Å²) in [6.45, 7) is 8.76. The molecule has 36 heavy (non-hydrogen) atoms. The van der Waals surface area contributed by atoms with Crippen LogP contribution in [0.1, 0.15) is 6.42 Å². The summed E-state index contributed by atoms with van der Waals surface area (Å²) in [5, 5.41) is 0. The second-order valence-corrected chi connectivity index (χ2v) is 16.2. The largest absolute Gasteiger partial charge is 0.361 e. The molecule has 1 saturated heterocycles. The number of nitrogens with zero attached hydrogens (tertiary/aromatic N) is 4. The molecule has 0 bridgehead atoms. The molecule has 4 aromatic rings. The minimum atomic E-state index is -1.25. The molecule has 3 heterocycles. The van der Waals surface area contributed by atoms with E-state index in [-0.39, 0.29) is 12.4 Å². The van der Waals surface area contributed by atoms with Crippen molar-refractivity contribution < 1.29 is 13.5 Å². The maximum atomic E-state index is 15.1. The number of anilines is 1. The summed E-state index contributed by atoms with van der Waals surface area (Å²) < 4.78 is 37.5. The first-order valence-corrected chi connectivity index (χ1v) is 16.2. The first-order valence-electron chi connectivity index (χ1n) is 12.5. The van der Waals surface area contributed by atoms with Gasteiger partial charge in [-0.15, -0.1) is 0 Å². The van der Waals surface area contributed by atoms with Gasteiger partial charge in [0.1, 0.15) is 30.4 Å². The van der Waals surface area contributed by atoms with Crippen molar-refractivity contribution in [2.45, 2.75) is 45.0 Å². The lowest BCUT2D eigenvalue weighted by Gasteiger charge is -2.23. The Bertz CT molecular complexity index is 1370. The molecule has 8 heteroatoms. The van der Waals surface area contributed by atoms with Gasteiger partial charge in [0, 0.05) is 38.5 Å². The Balaban J connectivity index is 1.68. The van der Waals surface area contributed by atoms with Crippen LogP contribution in [0.15, 0.2) is 60.8 Å². The third-order valence-electron chi connectivity index (χ3n) is 6.62. The summed E-state index contributed by atoms with van der Waals surface area (Å²) in [5.41, 5.74) is 3.59. The fraction of sp³-hybridized carbons (Fsp3) is 0.357. The molecule has 0 radical (unpaired) electrons. The van der Waals surface area contributed by atoms with E-state index in [1.807, 2.05) is 45.9 Å². The SMILES string of the molecule is C[Si](C)(C)CCOCn1c(-c2c(-c3ccccc3F)ccnc2N2CC[C@H](F)C2)nc2ccccc21. The van der Waals surface area contributed by atoms with Crippen LogP contribution in [-0.4, -0.2) is 48.5 Å². The number of fused-ring (bicyclic) bond motifs is 1. The van der Waals surface area contributed by atoms with E-state index < -0.39 is 14.2 Å². The van der Waals surface area contributed by atoms with E-state index in [4.69, 9.17) is 9.72 Å². The molecule has 188 valence electrons. The molecule has 0 amide bonds. The zero-order chi connectivity index (χ0) is 25.3. The van der Waals surface area contributed by atoms with Crippen LogP contribution in [0.2, 0.25) is 25.7 Å². The number of para-hydroxylation sites is 2. The summed E-state index contributed by atoms with van der Waals surface area (Å²) in [7, 11) is -1.25. The molecular weight excluding hydrogens is 474 g/mol. The van der Waals surface area contributed by atoms with Gasteiger partial charge in [0.05, 0.1) is 23.1 Å². The Kier molecular flexibility index (Phi) is 6.90. The van der Waals surface area contributed by atoms with Crippen molar-refractivity contribution in [1.29, 1.82) is 0 Å². The Labute approximate surface area is 211 Å². The van der Waals surface area contributed by atoms with Gasteiger partial charge in [0.2, 0.25) is 0 Å². The number of imidazole rings is 1. The van der Waals surface area contributed by atoms with Crippen LogP contribution < -0.4 is 4.90 Å². The van der Waals surface area contributed by atoms with Crippen LogP contribution in [-0.2, 0) is 11.5 Å². The van der Waals surface area contributed by atoms with Gasteiger partial charge in [0.15, 0.2) is 0 Å². The van der Waals surface area contributed by atoms with Gasteiger partial charge in [-0.25, -0.2) is 18.7 Å². The molecule has 1 atom stereocenters. The summed E-state index contributed by atoms with van der Waals surface area (Å²) in [6, 6.07) is 17.5. The first kappa shape index (κ1) is 24.6. The van der Waals surface area contributed by atoms with Crippen molar-refractivity contribution in [2.24, 2.45) is 0 Å². The molecule has 5 nitrogen and oxygen atoms in total. The van der Waals surface area contributed by atoms with Gasteiger partial charge < -0.3 is 9.64 Å². The van der Waals surface area contributed by atoms with Crippen molar-refractivity contribution in [3.8, 4) is 22.5 Å². The normalized spacial score (nSPS) is 16.2. The number of benzene rings is 2. The van der Waals surface area contributed by atoms with E-state index in [0.29, 0.717) is 54.6 Å². The summed E-state index contributed by atoms with van der Waals surface area (Å²) in [6.07, 6.45) is 1.20. The average molecular weight is 507 g/mol. The fourth-order valence-electron chi connectivity index (χ4n) is 4.66. The fourth-order valence-corrected chi connectivity index (χ4v) is 5.41. The second-order valence-electron chi connectivity index (χ2n) is 10.6. The standard InChI is InChI=1S/C28H32F2N4OSi/c1-36(2,3)17-16-35-19-34-25-11-7-6-10-24(25)32-28(34)26-22(21-8-4-5-9-23(21)30)12-14-31-27(26)33-15-13-20(29)18-33/h4-12,14,20H,13,15-19H2,1-3H3/t20-/m0/s1. The Hall–Kier alpha value is -3.10. The van der Waals surface area contributed by atoms with E-state index in [0.717, 1.165) is 17.1 Å². The van der Waals surface area contributed by atoms with E-state index >= 15 is 4.39 Å². The number of aromatic nitrogens is 3.